The van der Waals surface area contributed by atoms with Gasteiger partial charge < -0.3 is 15.8 Å². The van der Waals surface area contributed by atoms with Crippen LogP contribution >= 0.6 is 0 Å². The molecule has 10 nitrogen and oxygen atoms in total. The first-order valence-electron chi connectivity index (χ1n) is 9.23. The van der Waals surface area contributed by atoms with Crippen molar-refractivity contribution in [3.63, 3.8) is 0 Å². The number of nitrogens with two attached hydrogens (primary N) is 1. The number of carbonyl (C=O) groups is 1. The Morgan fingerprint density at radius 1 is 1.29 bits per heavy atom. The average Bonchev–Trinajstić information content (AvgIpc) is 3.23. The fraction of sp³-hybridized carbons (Fsp3) is 0.0952. The van der Waals surface area contributed by atoms with Gasteiger partial charge in [-0.2, -0.15) is 10.4 Å². The predicted molar refractivity (Wildman–Crippen MR) is 108 cm³/mol. The maximum Gasteiger partial charge on any atom is 0.269 e. The SMILES string of the molecule is Cc1nn(-c2ccccc2)c2c1[C@@]1(C(=O)Nc3ccc([N+](=O)[O-])cc31)C(C#N)=C(N)O2. The topological polar surface area (TPSA) is 149 Å². The highest BCUT2D eigenvalue weighted by molar-refractivity contribution is 6.13. The summed E-state index contributed by atoms with van der Waals surface area (Å²) in [4.78, 5) is 24.3. The van der Waals surface area contributed by atoms with Crippen LogP contribution in [0.5, 0.6) is 5.88 Å². The second kappa shape index (κ2) is 6.17. The van der Waals surface area contributed by atoms with E-state index in [1.807, 2.05) is 24.3 Å². The number of nitro groups is 1. The number of nitrogens with one attached hydrogen (secondary N) is 1. The standard InChI is InChI=1S/C21H14N6O4/c1-11-17-19(26(25-11)12-5-3-2-4-6-12)31-18(23)15(10-22)21(17)14-9-13(27(29)30)7-8-16(14)24-20(21)28/h2-9H,23H2,1H3,(H,24,28)/t21-/m0/s1. The summed E-state index contributed by atoms with van der Waals surface area (Å²) in [5.74, 6) is -0.640. The monoisotopic (exact) mass is 414 g/mol. The molecule has 0 radical (unpaired) electrons. The Morgan fingerprint density at radius 3 is 2.71 bits per heavy atom. The highest BCUT2D eigenvalue weighted by Crippen LogP contribution is 2.55. The van der Waals surface area contributed by atoms with E-state index in [0.717, 1.165) is 0 Å². The quantitative estimate of drug-likeness (QED) is 0.483. The van der Waals surface area contributed by atoms with E-state index in [9.17, 15) is 20.2 Å². The summed E-state index contributed by atoms with van der Waals surface area (Å²) in [7, 11) is 0. The molecule has 3 N–H and O–H groups in total. The van der Waals surface area contributed by atoms with Crippen molar-refractivity contribution in [2.24, 2.45) is 5.73 Å². The van der Waals surface area contributed by atoms with Gasteiger partial charge in [0.05, 0.1) is 21.9 Å². The number of anilines is 1. The van der Waals surface area contributed by atoms with Crippen molar-refractivity contribution in [1.82, 2.24) is 9.78 Å². The van der Waals surface area contributed by atoms with Gasteiger partial charge in [0.1, 0.15) is 17.1 Å². The second-order valence-electron chi connectivity index (χ2n) is 7.16. The number of aryl methyl sites for hydroxylation is 1. The number of para-hydroxylation sites is 1. The number of ether oxygens (including phenoxy) is 1. The highest BCUT2D eigenvalue weighted by Gasteiger charge is 2.59. The van der Waals surface area contributed by atoms with Crippen LogP contribution in [0.1, 0.15) is 16.8 Å². The Kier molecular flexibility index (Phi) is 3.66. The van der Waals surface area contributed by atoms with E-state index in [1.165, 1.54) is 22.9 Å². The zero-order valence-corrected chi connectivity index (χ0v) is 16.1. The molecule has 1 atom stereocenters. The summed E-state index contributed by atoms with van der Waals surface area (Å²) in [6.45, 7) is 1.68. The van der Waals surface area contributed by atoms with E-state index in [2.05, 4.69) is 10.4 Å². The summed E-state index contributed by atoms with van der Waals surface area (Å²) in [5, 5.41) is 28.6. The van der Waals surface area contributed by atoms with Gasteiger partial charge in [-0.1, -0.05) is 18.2 Å². The van der Waals surface area contributed by atoms with Crippen LogP contribution in [0.2, 0.25) is 0 Å². The number of carbonyl (C=O) groups excluding carboxylic acids is 1. The van der Waals surface area contributed by atoms with Gasteiger partial charge in [-0.05, 0) is 25.1 Å². The molecule has 2 aromatic carbocycles. The molecule has 152 valence electrons. The first-order valence-corrected chi connectivity index (χ1v) is 9.23. The van der Waals surface area contributed by atoms with E-state index >= 15 is 0 Å². The number of fused-ring (bicyclic) bond motifs is 4. The fourth-order valence-corrected chi connectivity index (χ4v) is 4.28. The Hall–Kier alpha value is -4.65. The van der Waals surface area contributed by atoms with Gasteiger partial charge in [-0.3, -0.25) is 14.9 Å². The van der Waals surface area contributed by atoms with E-state index < -0.39 is 16.2 Å². The Bertz CT molecular complexity index is 1370. The molecule has 31 heavy (non-hydrogen) atoms. The molecule has 2 aliphatic rings. The summed E-state index contributed by atoms with van der Waals surface area (Å²) >= 11 is 0. The summed E-state index contributed by atoms with van der Waals surface area (Å²) in [6.07, 6.45) is 0. The van der Waals surface area contributed by atoms with Crippen LogP contribution in [-0.2, 0) is 10.2 Å². The van der Waals surface area contributed by atoms with E-state index in [0.29, 0.717) is 22.6 Å². The summed E-state index contributed by atoms with van der Waals surface area (Å²) in [5.41, 5.74) is 6.05. The molecule has 0 unspecified atom stereocenters. The number of hydrogen-bond acceptors (Lipinski definition) is 7. The number of benzene rings is 2. The maximum absolute atomic E-state index is 13.5. The molecule has 10 heteroatoms. The average molecular weight is 414 g/mol. The largest absolute Gasteiger partial charge is 0.422 e. The minimum absolute atomic E-state index is 0.146. The van der Waals surface area contributed by atoms with Gasteiger partial charge in [-0.25, -0.2) is 4.68 Å². The normalized spacial score (nSPS) is 18.8. The van der Waals surface area contributed by atoms with Crippen LogP contribution in [0.4, 0.5) is 11.4 Å². The zero-order chi connectivity index (χ0) is 21.9. The third kappa shape index (κ3) is 2.25. The lowest BCUT2D eigenvalue weighted by Crippen LogP contribution is -2.42. The minimum Gasteiger partial charge on any atom is -0.422 e. The van der Waals surface area contributed by atoms with Crippen LogP contribution in [0.25, 0.3) is 5.69 Å². The number of nitriles is 1. The van der Waals surface area contributed by atoms with Crippen molar-refractivity contribution < 1.29 is 14.5 Å². The Morgan fingerprint density at radius 2 is 2.03 bits per heavy atom. The number of non-ortho nitro benzene ring substituents is 1. The lowest BCUT2D eigenvalue weighted by atomic mass is 9.69. The van der Waals surface area contributed by atoms with Crippen LogP contribution < -0.4 is 15.8 Å². The highest BCUT2D eigenvalue weighted by atomic mass is 16.6. The van der Waals surface area contributed by atoms with Crippen LogP contribution in [-0.4, -0.2) is 20.6 Å². The molecule has 1 spiro atoms. The molecule has 3 heterocycles. The zero-order valence-electron chi connectivity index (χ0n) is 16.1. The van der Waals surface area contributed by atoms with Gasteiger partial charge >= 0.3 is 0 Å². The van der Waals surface area contributed by atoms with Crippen molar-refractivity contribution in [2.75, 3.05) is 5.32 Å². The molecule has 3 aromatic rings. The molecule has 0 saturated carbocycles. The van der Waals surface area contributed by atoms with Crippen LogP contribution in [0.3, 0.4) is 0 Å². The number of nitrogens with zero attached hydrogens (tertiary/aromatic N) is 4. The van der Waals surface area contributed by atoms with Crippen LogP contribution in [0, 0.1) is 28.4 Å². The lowest BCUT2D eigenvalue weighted by Gasteiger charge is -2.32. The third-order valence-corrected chi connectivity index (χ3v) is 5.54. The number of hydrogen-bond donors (Lipinski definition) is 2. The Balaban J connectivity index is 1.90. The van der Waals surface area contributed by atoms with Gasteiger partial charge in [0, 0.05) is 23.4 Å². The first kappa shape index (κ1) is 18.4. The number of nitro benzene ring substituents is 1. The number of amides is 1. The van der Waals surface area contributed by atoms with E-state index in [1.54, 1.807) is 19.1 Å². The molecule has 1 amide bonds. The van der Waals surface area contributed by atoms with Crippen molar-refractivity contribution in [3.8, 4) is 17.6 Å². The molecule has 2 aliphatic heterocycles. The van der Waals surface area contributed by atoms with Gasteiger partial charge in [0.2, 0.25) is 17.7 Å². The van der Waals surface area contributed by atoms with E-state index in [-0.39, 0.29) is 28.6 Å². The molecular formula is C21H14N6O4. The molecule has 0 bridgehead atoms. The predicted octanol–water partition coefficient (Wildman–Crippen LogP) is 2.41. The number of aromatic nitrogens is 2. The minimum atomic E-state index is -1.72. The van der Waals surface area contributed by atoms with Crippen LogP contribution in [0.15, 0.2) is 60.0 Å². The molecule has 0 fully saturated rings. The van der Waals surface area contributed by atoms with Crippen molar-refractivity contribution in [2.45, 2.75) is 12.3 Å². The second-order valence-corrected chi connectivity index (χ2v) is 7.16. The molecule has 5 rings (SSSR count). The van der Waals surface area contributed by atoms with Crippen molar-refractivity contribution >= 4 is 17.3 Å². The van der Waals surface area contributed by atoms with Gasteiger partial charge in [-0.15, -0.1) is 0 Å². The summed E-state index contributed by atoms with van der Waals surface area (Å²) in [6, 6.07) is 15.1. The smallest absolute Gasteiger partial charge is 0.269 e. The third-order valence-electron chi connectivity index (χ3n) is 5.54. The fourth-order valence-electron chi connectivity index (χ4n) is 4.28. The Labute approximate surface area is 175 Å². The van der Waals surface area contributed by atoms with Gasteiger partial charge in [0.15, 0.2) is 0 Å². The molecule has 0 aliphatic carbocycles. The van der Waals surface area contributed by atoms with E-state index in [4.69, 9.17) is 10.5 Å². The maximum atomic E-state index is 13.5. The van der Waals surface area contributed by atoms with Crippen molar-refractivity contribution in [1.29, 1.82) is 5.26 Å². The molecule has 1 aromatic heterocycles. The van der Waals surface area contributed by atoms with Gasteiger partial charge in [0.25, 0.3) is 5.69 Å². The molecular weight excluding hydrogens is 400 g/mol. The lowest BCUT2D eigenvalue weighted by molar-refractivity contribution is -0.384. The first-order chi connectivity index (χ1) is 14.9. The number of rotatable bonds is 2. The van der Waals surface area contributed by atoms with Crippen molar-refractivity contribution in [3.05, 3.63) is 86.9 Å². The molecule has 0 saturated heterocycles. The summed E-state index contributed by atoms with van der Waals surface area (Å²) < 4.78 is 7.29.